The normalized spacial score (nSPS) is 13.8. The van der Waals surface area contributed by atoms with Crippen molar-refractivity contribution in [1.82, 2.24) is 14.5 Å². The summed E-state index contributed by atoms with van der Waals surface area (Å²) in [7, 11) is 0. The molecule has 0 radical (unpaired) electrons. The van der Waals surface area contributed by atoms with Crippen LogP contribution in [0.15, 0.2) is 63.9 Å². The van der Waals surface area contributed by atoms with Crippen LogP contribution < -0.4 is 5.56 Å². The number of carbonyl (C=O) groups is 1. The number of hydrogen-bond acceptors (Lipinski definition) is 6. The number of non-ortho nitro benzene ring substituents is 1. The van der Waals surface area contributed by atoms with Crippen LogP contribution in [0, 0.1) is 10.1 Å². The van der Waals surface area contributed by atoms with Crippen molar-refractivity contribution < 1.29 is 14.1 Å². The molecule has 0 saturated heterocycles. The van der Waals surface area contributed by atoms with Crippen LogP contribution in [0.4, 0.5) is 5.69 Å². The Kier molecular flexibility index (Phi) is 5.42. The summed E-state index contributed by atoms with van der Waals surface area (Å²) in [6.45, 7) is 0.0570. The van der Waals surface area contributed by atoms with E-state index in [9.17, 15) is 19.7 Å². The average molecular weight is 408 g/mol. The van der Waals surface area contributed by atoms with Gasteiger partial charge in [0.2, 0.25) is 5.91 Å². The van der Waals surface area contributed by atoms with E-state index in [-0.39, 0.29) is 30.1 Å². The third-order valence-corrected chi connectivity index (χ3v) is 5.13. The van der Waals surface area contributed by atoms with Crippen molar-refractivity contribution in [1.29, 1.82) is 0 Å². The Morgan fingerprint density at radius 2 is 2.17 bits per heavy atom. The molecule has 0 atom stereocenters. The molecule has 0 bridgehead atoms. The average Bonchev–Trinajstić information content (AvgIpc) is 3.27. The molecule has 0 spiro atoms. The quantitative estimate of drug-likeness (QED) is 0.457. The Balaban J connectivity index is 1.65. The van der Waals surface area contributed by atoms with Crippen LogP contribution in [0.25, 0.3) is 10.9 Å². The first-order valence-corrected chi connectivity index (χ1v) is 9.68. The number of allylic oxidation sites excluding steroid dienone is 2. The van der Waals surface area contributed by atoms with Crippen LogP contribution in [0.3, 0.4) is 0 Å². The Morgan fingerprint density at radius 1 is 1.30 bits per heavy atom. The molecule has 0 saturated carbocycles. The molecule has 30 heavy (non-hydrogen) atoms. The topological polar surface area (TPSA) is 111 Å². The van der Waals surface area contributed by atoms with Gasteiger partial charge in [0.05, 0.1) is 35.0 Å². The minimum absolute atomic E-state index is 0.106. The molecule has 1 amide bonds. The number of nitro benzene ring substituents is 1. The van der Waals surface area contributed by atoms with Crippen molar-refractivity contribution in [2.45, 2.75) is 38.8 Å². The second kappa shape index (κ2) is 8.32. The lowest BCUT2D eigenvalue weighted by Crippen LogP contribution is -2.36. The zero-order valence-corrected chi connectivity index (χ0v) is 16.2. The smallest absolute Gasteiger partial charge is 0.270 e. The van der Waals surface area contributed by atoms with Crippen molar-refractivity contribution >= 4 is 22.5 Å². The van der Waals surface area contributed by atoms with E-state index in [1.165, 1.54) is 29.1 Å². The fourth-order valence-electron chi connectivity index (χ4n) is 3.58. The van der Waals surface area contributed by atoms with Crippen LogP contribution >= 0.6 is 0 Å². The van der Waals surface area contributed by atoms with Crippen molar-refractivity contribution in [3.63, 3.8) is 0 Å². The summed E-state index contributed by atoms with van der Waals surface area (Å²) < 4.78 is 6.59. The third kappa shape index (κ3) is 4.00. The molecule has 0 unspecified atom stereocenters. The van der Waals surface area contributed by atoms with Gasteiger partial charge in [-0.05, 0) is 43.9 Å². The highest BCUT2D eigenvalue weighted by atomic mass is 16.6. The highest BCUT2D eigenvalue weighted by Crippen LogP contribution is 2.23. The lowest BCUT2D eigenvalue weighted by atomic mass is 10.0. The predicted molar refractivity (Wildman–Crippen MR) is 108 cm³/mol. The van der Waals surface area contributed by atoms with E-state index in [1.807, 2.05) is 0 Å². The van der Waals surface area contributed by atoms with E-state index in [4.69, 9.17) is 4.42 Å². The number of rotatable bonds is 6. The molecule has 1 aromatic carbocycles. The van der Waals surface area contributed by atoms with Gasteiger partial charge in [0.15, 0.2) is 0 Å². The van der Waals surface area contributed by atoms with E-state index < -0.39 is 10.5 Å². The standard InChI is InChI=1S/C21H20N4O5/c26-20(24(12-17-7-4-10-30-17)15-5-2-1-3-6-15)13-23-14-22-19-9-8-16(25(28)29)11-18(19)21(23)27/h4-5,7-11,14H,1-3,6,12-13H2. The van der Waals surface area contributed by atoms with Crippen LogP contribution in [0.2, 0.25) is 0 Å². The van der Waals surface area contributed by atoms with Crippen molar-refractivity contribution in [3.05, 3.63) is 80.9 Å². The first-order chi connectivity index (χ1) is 14.5. The number of nitro groups is 1. The van der Waals surface area contributed by atoms with E-state index >= 15 is 0 Å². The number of amides is 1. The molecule has 9 heteroatoms. The Hall–Kier alpha value is -3.75. The number of furan rings is 1. The Morgan fingerprint density at radius 3 is 2.87 bits per heavy atom. The van der Waals surface area contributed by atoms with Crippen molar-refractivity contribution in [3.8, 4) is 0 Å². The predicted octanol–water partition coefficient (Wildman–Crippen LogP) is 3.38. The van der Waals surface area contributed by atoms with Gasteiger partial charge in [0.1, 0.15) is 12.3 Å². The van der Waals surface area contributed by atoms with Crippen LogP contribution in [0.5, 0.6) is 0 Å². The molecule has 1 aliphatic carbocycles. The number of nitrogens with zero attached hydrogens (tertiary/aromatic N) is 4. The molecule has 0 fully saturated rings. The lowest BCUT2D eigenvalue weighted by molar-refractivity contribution is -0.384. The van der Waals surface area contributed by atoms with Crippen LogP contribution in [0.1, 0.15) is 31.4 Å². The zero-order valence-electron chi connectivity index (χ0n) is 16.2. The summed E-state index contributed by atoms with van der Waals surface area (Å²) in [4.78, 5) is 42.3. The largest absolute Gasteiger partial charge is 0.467 e. The first kappa shape index (κ1) is 19.6. The van der Waals surface area contributed by atoms with Gasteiger partial charge in [0, 0.05) is 17.8 Å². The van der Waals surface area contributed by atoms with Gasteiger partial charge in [-0.15, -0.1) is 0 Å². The molecular formula is C21H20N4O5. The van der Waals surface area contributed by atoms with Gasteiger partial charge < -0.3 is 9.32 Å². The fraction of sp³-hybridized carbons (Fsp3) is 0.286. The molecule has 9 nitrogen and oxygen atoms in total. The number of hydrogen-bond donors (Lipinski definition) is 0. The van der Waals surface area contributed by atoms with E-state index in [1.54, 1.807) is 23.3 Å². The van der Waals surface area contributed by atoms with E-state index in [2.05, 4.69) is 11.1 Å². The molecule has 0 N–H and O–H groups in total. The minimum atomic E-state index is -0.567. The summed E-state index contributed by atoms with van der Waals surface area (Å²) in [6.07, 6.45) is 8.66. The second-order valence-corrected chi connectivity index (χ2v) is 7.14. The summed E-state index contributed by atoms with van der Waals surface area (Å²) >= 11 is 0. The van der Waals surface area contributed by atoms with E-state index in [0.29, 0.717) is 11.3 Å². The third-order valence-electron chi connectivity index (χ3n) is 5.13. The maximum Gasteiger partial charge on any atom is 0.270 e. The molecular weight excluding hydrogens is 388 g/mol. The fourth-order valence-corrected chi connectivity index (χ4v) is 3.58. The zero-order chi connectivity index (χ0) is 21.1. The van der Waals surface area contributed by atoms with Gasteiger partial charge in [-0.3, -0.25) is 24.3 Å². The maximum absolute atomic E-state index is 13.1. The van der Waals surface area contributed by atoms with Gasteiger partial charge in [-0.1, -0.05) is 6.08 Å². The lowest BCUT2D eigenvalue weighted by Gasteiger charge is -2.27. The molecule has 0 aliphatic heterocycles. The highest BCUT2D eigenvalue weighted by Gasteiger charge is 2.22. The minimum Gasteiger partial charge on any atom is -0.467 e. The first-order valence-electron chi connectivity index (χ1n) is 9.68. The molecule has 2 aromatic heterocycles. The number of aromatic nitrogens is 2. The molecule has 3 aromatic rings. The van der Waals surface area contributed by atoms with Crippen LogP contribution in [-0.4, -0.2) is 25.3 Å². The van der Waals surface area contributed by atoms with Gasteiger partial charge in [0.25, 0.3) is 11.2 Å². The summed E-state index contributed by atoms with van der Waals surface area (Å²) in [6, 6.07) is 7.47. The second-order valence-electron chi connectivity index (χ2n) is 7.14. The van der Waals surface area contributed by atoms with Gasteiger partial charge >= 0.3 is 0 Å². The maximum atomic E-state index is 13.1. The number of benzene rings is 1. The number of carbonyl (C=O) groups excluding carboxylic acids is 1. The van der Waals surface area contributed by atoms with Crippen molar-refractivity contribution in [2.75, 3.05) is 0 Å². The molecule has 1 aliphatic rings. The molecule has 2 heterocycles. The van der Waals surface area contributed by atoms with E-state index in [0.717, 1.165) is 31.4 Å². The highest BCUT2D eigenvalue weighted by molar-refractivity contribution is 5.81. The monoisotopic (exact) mass is 408 g/mol. The summed E-state index contributed by atoms with van der Waals surface area (Å²) in [5.41, 5.74) is 0.571. The molecule has 154 valence electrons. The van der Waals surface area contributed by atoms with Gasteiger partial charge in [-0.2, -0.15) is 0 Å². The Labute approximate surface area is 171 Å². The Bertz CT molecular complexity index is 1180. The number of fused-ring (bicyclic) bond motifs is 1. The SMILES string of the molecule is O=C(Cn1cnc2ccc([N+](=O)[O-])cc2c1=O)N(Cc1ccco1)C1=CCCCC1. The summed E-state index contributed by atoms with van der Waals surface area (Å²) in [5.74, 6) is 0.377. The van der Waals surface area contributed by atoms with Crippen molar-refractivity contribution in [2.24, 2.45) is 0 Å². The summed E-state index contributed by atoms with van der Waals surface area (Å²) in [5, 5.41) is 11.1. The molecule has 4 rings (SSSR count). The van der Waals surface area contributed by atoms with Crippen LogP contribution in [-0.2, 0) is 17.9 Å². The van der Waals surface area contributed by atoms with Gasteiger partial charge in [-0.25, -0.2) is 4.98 Å².